The first-order valence-corrected chi connectivity index (χ1v) is 6.55. The monoisotopic (exact) mass is 264 g/mol. The third-order valence-electron chi connectivity index (χ3n) is 3.61. The van der Waals surface area contributed by atoms with Gasteiger partial charge in [-0.3, -0.25) is 4.90 Å². The number of nitrogens with zero attached hydrogens (tertiary/aromatic N) is 1. The van der Waals surface area contributed by atoms with Gasteiger partial charge in [-0.15, -0.1) is 0 Å². The van der Waals surface area contributed by atoms with E-state index in [1.54, 1.807) is 0 Å². The maximum absolute atomic E-state index is 10.7. The van der Waals surface area contributed by atoms with Gasteiger partial charge in [0.15, 0.2) is 0 Å². The van der Waals surface area contributed by atoms with Crippen molar-refractivity contribution in [3.05, 3.63) is 35.9 Å². The molecular formula is C14H20N2O3. The van der Waals surface area contributed by atoms with Crippen LogP contribution in [0, 0.1) is 5.92 Å². The molecule has 1 aliphatic rings. The van der Waals surface area contributed by atoms with E-state index in [9.17, 15) is 9.90 Å². The lowest BCUT2D eigenvalue weighted by atomic mass is 9.92. The minimum absolute atomic E-state index is 0.0102. The number of amides is 1. The predicted octanol–water partition coefficient (Wildman–Crippen LogP) is 1.14. The van der Waals surface area contributed by atoms with E-state index < -0.39 is 6.09 Å². The fraction of sp³-hybridized carbons (Fsp3) is 0.500. The molecule has 2 atom stereocenters. The molecule has 0 unspecified atom stereocenters. The summed E-state index contributed by atoms with van der Waals surface area (Å²) in [4.78, 5) is 13.0. The van der Waals surface area contributed by atoms with Gasteiger partial charge >= 0.3 is 6.09 Å². The van der Waals surface area contributed by atoms with Gasteiger partial charge in [0.05, 0.1) is 0 Å². The van der Waals surface area contributed by atoms with Gasteiger partial charge in [0.25, 0.3) is 0 Å². The third-order valence-corrected chi connectivity index (χ3v) is 3.61. The molecule has 1 aromatic rings. The molecule has 3 N–H and O–H groups in total. The second-order valence-corrected chi connectivity index (χ2v) is 5.01. The van der Waals surface area contributed by atoms with Crippen molar-refractivity contribution in [1.82, 2.24) is 10.2 Å². The summed E-state index contributed by atoms with van der Waals surface area (Å²) < 4.78 is 0. The van der Waals surface area contributed by atoms with Crippen LogP contribution in [0.15, 0.2) is 30.3 Å². The van der Waals surface area contributed by atoms with E-state index in [1.807, 2.05) is 18.2 Å². The van der Waals surface area contributed by atoms with E-state index in [0.29, 0.717) is 0 Å². The summed E-state index contributed by atoms with van der Waals surface area (Å²) in [6.07, 6.45) is -0.273. The molecule has 5 heteroatoms. The molecule has 1 fully saturated rings. The van der Waals surface area contributed by atoms with Crippen molar-refractivity contribution < 1.29 is 15.0 Å². The van der Waals surface area contributed by atoms with Gasteiger partial charge in [0.2, 0.25) is 0 Å². The second-order valence-electron chi connectivity index (χ2n) is 5.01. The second kappa shape index (κ2) is 6.54. The van der Waals surface area contributed by atoms with E-state index in [1.165, 1.54) is 5.56 Å². The van der Waals surface area contributed by atoms with Crippen LogP contribution in [0.5, 0.6) is 0 Å². The van der Waals surface area contributed by atoms with Gasteiger partial charge in [-0.2, -0.15) is 0 Å². The fourth-order valence-electron chi connectivity index (χ4n) is 2.63. The molecule has 5 nitrogen and oxygen atoms in total. The van der Waals surface area contributed by atoms with Crippen LogP contribution in [0.1, 0.15) is 12.0 Å². The first-order valence-electron chi connectivity index (χ1n) is 6.55. The number of carboxylic acid groups (broad SMARTS) is 1. The summed E-state index contributed by atoms with van der Waals surface area (Å²) in [5.74, 6) is -0.0337. The molecule has 0 aliphatic carbocycles. The van der Waals surface area contributed by atoms with Crippen molar-refractivity contribution in [3.63, 3.8) is 0 Å². The van der Waals surface area contributed by atoms with Crippen LogP contribution in [-0.2, 0) is 6.54 Å². The highest BCUT2D eigenvalue weighted by molar-refractivity contribution is 5.64. The van der Waals surface area contributed by atoms with Crippen molar-refractivity contribution in [1.29, 1.82) is 0 Å². The zero-order valence-corrected chi connectivity index (χ0v) is 10.8. The molecule has 1 saturated heterocycles. The van der Waals surface area contributed by atoms with Crippen LogP contribution in [0.2, 0.25) is 0 Å². The van der Waals surface area contributed by atoms with Crippen molar-refractivity contribution >= 4 is 6.09 Å². The fourth-order valence-corrected chi connectivity index (χ4v) is 2.63. The topological polar surface area (TPSA) is 72.8 Å². The molecule has 1 aliphatic heterocycles. The zero-order valence-electron chi connectivity index (χ0n) is 10.8. The Hall–Kier alpha value is -1.59. The van der Waals surface area contributed by atoms with Crippen LogP contribution in [0.25, 0.3) is 0 Å². The highest BCUT2D eigenvalue weighted by atomic mass is 16.4. The van der Waals surface area contributed by atoms with Crippen molar-refractivity contribution in [2.75, 3.05) is 19.7 Å². The number of piperidine rings is 1. The molecule has 1 heterocycles. The van der Waals surface area contributed by atoms with E-state index in [4.69, 9.17) is 5.11 Å². The average molecular weight is 264 g/mol. The molecule has 104 valence electrons. The number of rotatable bonds is 4. The smallest absolute Gasteiger partial charge is 0.404 e. The number of benzene rings is 1. The standard InChI is InChI=1S/C14H20N2O3/c17-10-12-9-16(7-6-13(12)15-14(18)19)8-11-4-2-1-3-5-11/h1-5,12-13,15,17H,6-10H2,(H,18,19)/t12-,13+/m0/s1. The lowest BCUT2D eigenvalue weighted by Gasteiger charge is -2.37. The Kier molecular flexibility index (Phi) is 4.76. The largest absolute Gasteiger partial charge is 0.465 e. The normalized spacial score (nSPS) is 24.1. The minimum atomic E-state index is -1.01. The molecule has 0 bridgehead atoms. The van der Waals surface area contributed by atoms with Crippen molar-refractivity contribution in [2.45, 2.75) is 19.0 Å². The Bertz CT molecular complexity index is 410. The lowest BCUT2D eigenvalue weighted by Crippen LogP contribution is -2.51. The Morgan fingerprint density at radius 1 is 1.37 bits per heavy atom. The minimum Gasteiger partial charge on any atom is -0.465 e. The summed E-state index contributed by atoms with van der Waals surface area (Å²) in [7, 11) is 0. The van der Waals surface area contributed by atoms with Crippen LogP contribution >= 0.6 is 0 Å². The molecule has 1 amide bonds. The zero-order chi connectivity index (χ0) is 13.7. The molecule has 19 heavy (non-hydrogen) atoms. The first-order chi connectivity index (χ1) is 9.19. The van der Waals surface area contributed by atoms with Crippen molar-refractivity contribution in [3.8, 4) is 0 Å². The maximum Gasteiger partial charge on any atom is 0.404 e. The molecule has 0 saturated carbocycles. The average Bonchev–Trinajstić information content (AvgIpc) is 2.41. The predicted molar refractivity (Wildman–Crippen MR) is 71.9 cm³/mol. The third kappa shape index (κ3) is 3.94. The Morgan fingerprint density at radius 2 is 2.11 bits per heavy atom. The molecule has 0 aromatic heterocycles. The van der Waals surface area contributed by atoms with Crippen molar-refractivity contribution in [2.24, 2.45) is 5.92 Å². The number of hydrogen-bond donors (Lipinski definition) is 3. The Morgan fingerprint density at radius 3 is 2.74 bits per heavy atom. The van der Waals surface area contributed by atoms with Gasteiger partial charge in [0.1, 0.15) is 0 Å². The summed E-state index contributed by atoms with van der Waals surface area (Å²) in [5, 5.41) is 20.7. The summed E-state index contributed by atoms with van der Waals surface area (Å²) >= 11 is 0. The number of likely N-dealkylation sites (tertiary alicyclic amines) is 1. The van der Waals surface area contributed by atoms with Gasteiger partial charge < -0.3 is 15.5 Å². The van der Waals surface area contributed by atoms with E-state index in [-0.39, 0.29) is 18.6 Å². The number of carbonyl (C=O) groups is 1. The first kappa shape index (κ1) is 13.8. The highest BCUT2D eigenvalue weighted by Crippen LogP contribution is 2.19. The molecule has 0 spiro atoms. The van der Waals surface area contributed by atoms with Crippen LogP contribution < -0.4 is 5.32 Å². The van der Waals surface area contributed by atoms with E-state index in [0.717, 1.165) is 26.1 Å². The van der Waals surface area contributed by atoms with Gasteiger partial charge in [-0.05, 0) is 12.0 Å². The number of hydrogen-bond acceptors (Lipinski definition) is 3. The number of nitrogens with one attached hydrogen (secondary N) is 1. The summed E-state index contributed by atoms with van der Waals surface area (Å²) in [6.45, 7) is 2.42. The quantitative estimate of drug-likeness (QED) is 0.762. The SMILES string of the molecule is O=C(O)N[C@@H]1CCN(Cc2ccccc2)C[C@H]1CO. The van der Waals surface area contributed by atoms with Gasteiger partial charge in [-0.25, -0.2) is 4.79 Å². The molecule has 0 radical (unpaired) electrons. The summed E-state index contributed by atoms with van der Waals surface area (Å²) in [6, 6.07) is 10.0. The summed E-state index contributed by atoms with van der Waals surface area (Å²) in [5.41, 5.74) is 1.24. The van der Waals surface area contributed by atoms with Crippen LogP contribution in [-0.4, -0.2) is 46.9 Å². The molecule has 1 aromatic carbocycles. The maximum atomic E-state index is 10.7. The van der Waals surface area contributed by atoms with E-state index in [2.05, 4.69) is 22.3 Å². The lowest BCUT2D eigenvalue weighted by molar-refractivity contribution is 0.0839. The van der Waals surface area contributed by atoms with Crippen LogP contribution in [0.4, 0.5) is 4.79 Å². The van der Waals surface area contributed by atoms with Gasteiger partial charge in [0, 0.05) is 38.2 Å². The molecule has 2 rings (SSSR count). The number of aliphatic hydroxyl groups excluding tert-OH is 1. The Balaban J connectivity index is 1.91. The van der Waals surface area contributed by atoms with Gasteiger partial charge in [-0.1, -0.05) is 30.3 Å². The molecular weight excluding hydrogens is 244 g/mol. The van der Waals surface area contributed by atoms with E-state index >= 15 is 0 Å². The highest BCUT2D eigenvalue weighted by Gasteiger charge is 2.29. The Labute approximate surface area is 112 Å². The number of aliphatic hydroxyl groups is 1. The van der Waals surface area contributed by atoms with Crippen LogP contribution in [0.3, 0.4) is 0 Å².